The molecule has 0 unspecified atom stereocenters. The molecule has 4 aromatic heterocycles. The van der Waals surface area contributed by atoms with Crippen LogP contribution in [0.5, 0.6) is 0 Å². The van der Waals surface area contributed by atoms with Crippen molar-refractivity contribution in [2.45, 2.75) is 0 Å². The SMILES string of the molecule is Cn1cccc(C(=O)Nc2ccc(-c3ccc4nnc(-c5cccs5)n4n3)cc2)c1=O. The van der Waals surface area contributed by atoms with Crippen molar-refractivity contribution >= 4 is 28.6 Å². The van der Waals surface area contributed by atoms with Crippen molar-refractivity contribution in [1.82, 2.24) is 24.4 Å². The Labute approximate surface area is 180 Å². The first-order valence-corrected chi connectivity index (χ1v) is 10.3. The van der Waals surface area contributed by atoms with E-state index in [1.165, 1.54) is 10.6 Å². The van der Waals surface area contributed by atoms with E-state index in [0.717, 1.165) is 16.1 Å². The molecule has 0 aliphatic carbocycles. The topological polar surface area (TPSA) is 94.2 Å². The van der Waals surface area contributed by atoms with Gasteiger partial charge in [0.1, 0.15) is 5.56 Å². The molecule has 31 heavy (non-hydrogen) atoms. The van der Waals surface area contributed by atoms with Crippen molar-refractivity contribution in [2.75, 3.05) is 5.32 Å². The molecule has 9 heteroatoms. The van der Waals surface area contributed by atoms with Gasteiger partial charge in [0.15, 0.2) is 11.5 Å². The molecule has 0 aliphatic rings. The molecule has 5 rings (SSSR count). The van der Waals surface area contributed by atoms with Crippen molar-refractivity contribution in [2.24, 2.45) is 7.05 Å². The molecule has 0 saturated heterocycles. The van der Waals surface area contributed by atoms with Crippen LogP contribution in [0.15, 0.2) is 77.0 Å². The van der Waals surface area contributed by atoms with Gasteiger partial charge in [0.2, 0.25) is 0 Å². The average Bonchev–Trinajstić information content (AvgIpc) is 3.45. The third kappa shape index (κ3) is 3.51. The summed E-state index contributed by atoms with van der Waals surface area (Å²) >= 11 is 1.58. The number of pyridine rings is 1. The molecule has 0 saturated carbocycles. The lowest BCUT2D eigenvalue weighted by Gasteiger charge is -2.07. The second-order valence-electron chi connectivity index (χ2n) is 6.86. The summed E-state index contributed by atoms with van der Waals surface area (Å²) in [6.45, 7) is 0. The summed E-state index contributed by atoms with van der Waals surface area (Å²) in [6.07, 6.45) is 1.61. The van der Waals surface area contributed by atoms with Crippen LogP contribution >= 0.6 is 11.3 Å². The highest BCUT2D eigenvalue weighted by molar-refractivity contribution is 7.13. The van der Waals surface area contributed by atoms with Gasteiger partial charge in [-0.3, -0.25) is 9.59 Å². The molecule has 0 fully saturated rings. The van der Waals surface area contributed by atoms with Crippen LogP contribution in [0.1, 0.15) is 10.4 Å². The van der Waals surface area contributed by atoms with Crippen LogP contribution in [0.3, 0.4) is 0 Å². The smallest absolute Gasteiger partial charge is 0.263 e. The molecule has 1 amide bonds. The molecule has 1 N–H and O–H groups in total. The van der Waals surface area contributed by atoms with Crippen molar-refractivity contribution in [3.05, 3.63) is 88.2 Å². The molecule has 4 heterocycles. The van der Waals surface area contributed by atoms with Gasteiger partial charge in [0, 0.05) is 24.5 Å². The van der Waals surface area contributed by atoms with Crippen LogP contribution in [-0.2, 0) is 7.05 Å². The number of aryl methyl sites for hydroxylation is 1. The second-order valence-corrected chi connectivity index (χ2v) is 7.81. The summed E-state index contributed by atoms with van der Waals surface area (Å²) in [6, 6.07) is 18.1. The molecule has 1 aromatic carbocycles. The first kappa shape index (κ1) is 18.9. The Morgan fingerprint density at radius 1 is 1.00 bits per heavy atom. The molecule has 152 valence electrons. The van der Waals surface area contributed by atoms with E-state index in [0.29, 0.717) is 17.2 Å². The van der Waals surface area contributed by atoms with E-state index < -0.39 is 5.91 Å². The fourth-order valence-electron chi connectivity index (χ4n) is 3.20. The Morgan fingerprint density at radius 2 is 1.84 bits per heavy atom. The minimum atomic E-state index is -0.446. The van der Waals surface area contributed by atoms with Crippen LogP contribution in [-0.4, -0.2) is 30.3 Å². The minimum absolute atomic E-state index is 0.0925. The Balaban J connectivity index is 1.42. The fraction of sp³-hybridized carbons (Fsp3) is 0.0455. The van der Waals surface area contributed by atoms with Crippen molar-refractivity contribution < 1.29 is 4.79 Å². The summed E-state index contributed by atoms with van der Waals surface area (Å²) in [4.78, 5) is 25.6. The van der Waals surface area contributed by atoms with E-state index in [1.54, 1.807) is 47.3 Å². The summed E-state index contributed by atoms with van der Waals surface area (Å²) in [5, 5.41) is 17.9. The van der Waals surface area contributed by atoms with Gasteiger partial charge in [0.05, 0.1) is 10.6 Å². The number of hydrogen-bond donors (Lipinski definition) is 1. The van der Waals surface area contributed by atoms with Crippen molar-refractivity contribution in [3.8, 4) is 22.0 Å². The number of aromatic nitrogens is 5. The van der Waals surface area contributed by atoms with E-state index >= 15 is 0 Å². The Bertz CT molecular complexity index is 1450. The van der Waals surface area contributed by atoms with Gasteiger partial charge < -0.3 is 9.88 Å². The lowest BCUT2D eigenvalue weighted by Crippen LogP contribution is -2.26. The Hall–Kier alpha value is -4.11. The zero-order valence-corrected chi connectivity index (χ0v) is 17.2. The maximum atomic E-state index is 12.5. The average molecular weight is 428 g/mol. The van der Waals surface area contributed by atoms with Gasteiger partial charge >= 0.3 is 0 Å². The normalized spacial score (nSPS) is 11.0. The van der Waals surface area contributed by atoms with Gasteiger partial charge in [0.25, 0.3) is 11.5 Å². The van der Waals surface area contributed by atoms with Crippen molar-refractivity contribution in [3.63, 3.8) is 0 Å². The number of amides is 1. The molecule has 0 radical (unpaired) electrons. The molecule has 5 aromatic rings. The second kappa shape index (κ2) is 7.62. The molecule has 0 spiro atoms. The minimum Gasteiger partial charge on any atom is -0.322 e. The number of carbonyl (C=O) groups excluding carboxylic acids is 1. The van der Waals surface area contributed by atoms with Crippen LogP contribution < -0.4 is 10.9 Å². The number of hydrogen-bond acceptors (Lipinski definition) is 6. The first-order chi connectivity index (χ1) is 15.1. The predicted molar refractivity (Wildman–Crippen MR) is 119 cm³/mol. The van der Waals surface area contributed by atoms with Gasteiger partial charge in [-0.05, 0) is 47.8 Å². The number of rotatable bonds is 4. The lowest BCUT2D eigenvalue weighted by atomic mass is 10.1. The lowest BCUT2D eigenvalue weighted by molar-refractivity contribution is 0.102. The highest BCUT2D eigenvalue weighted by atomic mass is 32.1. The zero-order valence-electron chi connectivity index (χ0n) is 16.4. The summed E-state index contributed by atoms with van der Waals surface area (Å²) in [5.41, 5.74) is 2.63. The van der Waals surface area contributed by atoms with Crippen LogP contribution in [0.25, 0.3) is 27.6 Å². The van der Waals surface area contributed by atoms with Crippen LogP contribution in [0, 0.1) is 0 Å². The summed E-state index contributed by atoms with van der Waals surface area (Å²) in [5.74, 6) is 0.249. The summed E-state index contributed by atoms with van der Waals surface area (Å²) in [7, 11) is 1.61. The van der Waals surface area contributed by atoms with Gasteiger partial charge in [-0.25, -0.2) is 0 Å². The van der Waals surface area contributed by atoms with E-state index in [1.807, 2.05) is 41.8 Å². The molecule has 0 atom stereocenters. The maximum absolute atomic E-state index is 12.5. The first-order valence-electron chi connectivity index (χ1n) is 9.44. The van der Waals surface area contributed by atoms with E-state index in [9.17, 15) is 9.59 Å². The highest BCUT2D eigenvalue weighted by Crippen LogP contribution is 2.25. The van der Waals surface area contributed by atoms with Crippen molar-refractivity contribution in [1.29, 1.82) is 0 Å². The van der Waals surface area contributed by atoms with Gasteiger partial charge in [-0.15, -0.1) is 21.5 Å². The Kier molecular flexibility index (Phi) is 4.64. The Morgan fingerprint density at radius 3 is 2.61 bits per heavy atom. The summed E-state index contributed by atoms with van der Waals surface area (Å²) < 4.78 is 3.09. The fourth-order valence-corrected chi connectivity index (χ4v) is 3.89. The largest absolute Gasteiger partial charge is 0.322 e. The number of carbonyl (C=O) groups is 1. The van der Waals surface area contributed by atoms with Gasteiger partial charge in [-0.2, -0.15) is 9.61 Å². The maximum Gasteiger partial charge on any atom is 0.263 e. The molecule has 0 aliphatic heterocycles. The van der Waals surface area contributed by atoms with E-state index in [4.69, 9.17) is 0 Å². The van der Waals surface area contributed by atoms with Crippen LogP contribution in [0.2, 0.25) is 0 Å². The quantitative estimate of drug-likeness (QED) is 0.473. The standard InChI is InChI=1S/C22H16N6O2S/c1-27-12-2-4-16(22(27)30)21(29)23-15-8-6-14(7-9-15)17-10-11-19-24-25-20(28(19)26-17)18-5-3-13-31-18/h2-13H,1H3,(H,23,29). The predicted octanol–water partition coefficient (Wildman–Crippen LogP) is 3.47. The molecule has 8 nitrogen and oxygen atoms in total. The molecular formula is C22H16N6O2S. The number of anilines is 1. The number of nitrogens with zero attached hydrogens (tertiary/aromatic N) is 5. The number of nitrogens with one attached hydrogen (secondary N) is 1. The highest BCUT2D eigenvalue weighted by Gasteiger charge is 2.13. The zero-order chi connectivity index (χ0) is 21.4. The number of fused-ring (bicyclic) bond motifs is 1. The number of benzene rings is 1. The molecular weight excluding hydrogens is 412 g/mol. The third-order valence-corrected chi connectivity index (χ3v) is 5.68. The van der Waals surface area contributed by atoms with E-state index in [2.05, 4.69) is 20.6 Å². The third-order valence-electron chi connectivity index (χ3n) is 4.81. The van der Waals surface area contributed by atoms with Crippen LogP contribution in [0.4, 0.5) is 5.69 Å². The molecule has 0 bridgehead atoms. The monoisotopic (exact) mass is 428 g/mol. The number of thiophene rings is 1. The van der Waals surface area contributed by atoms with E-state index in [-0.39, 0.29) is 11.1 Å². The van der Waals surface area contributed by atoms with Gasteiger partial charge in [-0.1, -0.05) is 18.2 Å².